The van der Waals surface area contributed by atoms with E-state index in [2.05, 4.69) is 84.9 Å². The fraction of sp³-hybridized carbons (Fsp3) is 0.167. The van der Waals surface area contributed by atoms with Crippen LogP contribution in [0.2, 0.25) is 0 Å². The lowest BCUT2D eigenvalue weighted by molar-refractivity contribution is 0.311. The van der Waals surface area contributed by atoms with Gasteiger partial charge in [0, 0.05) is 0 Å². The molecule has 4 rings (SSSR count). The molecule has 0 N–H and O–H groups in total. The quantitative estimate of drug-likeness (QED) is 0.529. The molecule has 0 saturated heterocycles. The van der Waals surface area contributed by atoms with Crippen LogP contribution in [0.3, 0.4) is 0 Å². The lowest BCUT2D eigenvalue weighted by Crippen LogP contribution is -2.00. The highest BCUT2D eigenvalue weighted by molar-refractivity contribution is 5.84. The molecule has 0 atom stereocenters. The van der Waals surface area contributed by atoms with Gasteiger partial charge in [-0.25, -0.2) is 0 Å². The lowest BCUT2D eigenvalue weighted by atomic mass is 9.99. The normalized spacial score (nSPS) is 12.6. The van der Waals surface area contributed by atoms with E-state index in [4.69, 9.17) is 4.74 Å². The van der Waals surface area contributed by atoms with E-state index in [1.54, 1.807) is 0 Å². The maximum absolute atomic E-state index is 5.97. The van der Waals surface area contributed by atoms with Crippen LogP contribution in [0, 0.1) is 0 Å². The first-order valence-electron chi connectivity index (χ1n) is 8.96. The van der Waals surface area contributed by atoms with Gasteiger partial charge in [0.2, 0.25) is 0 Å². The van der Waals surface area contributed by atoms with Crippen LogP contribution in [-0.4, -0.2) is 6.61 Å². The average molecular weight is 326 g/mol. The minimum Gasteiger partial charge on any atom is -0.494 e. The van der Waals surface area contributed by atoms with Crippen LogP contribution < -0.4 is 4.74 Å². The zero-order valence-electron chi connectivity index (χ0n) is 14.3. The number of allylic oxidation sites excluding steroid dienone is 1. The Morgan fingerprint density at radius 1 is 0.800 bits per heavy atom. The number of hydrogen-bond donors (Lipinski definition) is 0. The molecule has 1 aliphatic carbocycles. The maximum atomic E-state index is 5.97. The number of rotatable bonds is 6. The third kappa shape index (κ3) is 3.66. The molecule has 3 aromatic carbocycles. The second kappa shape index (κ2) is 7.40. The van der Waals surface area contributed by atoms with Crippen molar-refractivity contribution in [3.8, 4) is 5.75 Å². The van der Waals surface area contributed by atoms with E-state index >= 15 is 0 Å². The highest BCUT2D eigenvalue weighted by Crippen LogP contribution is 2.34. The van der Waals surface area contributed by atoms with Gasteiger partial charge in [0.1, 0.15) is 5.75 Å². The van der Waals surface area contributed by atoms with E-state index in [1.807, 2.05) is 0 Å². The summed E-state index contributed by atoms with van der Waals surface area (Å²) >= 11 is 0. The van der Waals surface area contributed by atoms with Gasteiger partial charge in [-0.3, -0.25) is 0 Å². The first-order chi connectivity index (χ1) is 12.4. The first-order valence-corrected chi connectivity index (χ1v) is 8.96. The minimum atomic E-state index is 0.757. The van der Waals surface area contributed by atoms with Gasteiger partial charge in [-0.1, -0.05) is 72.8 Å². The fourth-order valence-electron chi connectivity index (χ4n) is 3.42. The number of benzene rings is 3. The van der Waals surface area contributed by atoms with Crippen LogP contribution in [-0.2, 0) is 12.8 Å². The molecule has 25 heavy (non-hydrogen) atoms. The number of aryl methyl sites for hydroxylation is 1. The summed E-state index contributed by atoms with van der Waals surface area (Å²) < 4.78 is 5.97. The Morgan fingerprint density at radius 2 is 1.56 bits per heavy atom. The van der Waals surface area contributed by atoms with Gasteiger partial charge in [0.25, 0.3) is 0 Å². The molecule has 0 radical (unpaired) electrons. The van der Waals surface area contributed by atoms with E-state index in [0.717, 1.165) is 31.6 Å². The molecule has 0 saturated carbocycles. The maximum Gasteiger partial charge on any atom is 0.119 e. The van der Waals surface area contributed by atoms with Crippen molar-refractivity contribution in [2.75, 3.05) is 6.61 Å². The molecule has 0 bridgehead atoms. The van der Waals surface area contributed by atoms with Crippen molar-refractivity contribution in [3.05, 3.63) is 107 Å². The van der Waals surface area contributed by atoms with Gasteiger partial charge < -0.3 is 4.74 Å². The van der Waals surface area contributed by atoms with Gasteiger partial charge in [-0.05, 0) is 59.2 Å². The van der Waals surface area contributed by atoms with Crippen molar-refractivity contribution >= 4 is 5.57 Å². The van der Waals surface area contributed by atoms with E-state index in [-0.39, 0.29) is 0 Å². The van der Waals surface area contributed by atoms with Gasteiger partial charge in [-0.2, -0.15) is 0 Å². The molecular weight excluding hydrogens is 304 g/mol. The Bertz CT molecular complexity index is 863. The highest BCUT2D eigenvalue weighted by Gasteiger charge is 2.16. The van der Waals surface area contributed by atoms with Crippen molar-refractivity contribution in [3.63, 3.8) is 0 Å². The zero-order valence-corrected chi connectivity index (χ0v) is 14.3. The van der Waals surface area contributed by atoms with Crippen LogP contribution in [0.5, 0.6) is 5.75 Å². The van der Waals surface area contributed by atoms with Crippen molar-refractivity contribution in [2.24, 2.45) is 0 Å². The predicted molar refractivity (Wildman–Crippen MR) is 104 cm³/mol. The van der Waals surface area contributed by atoms with Crippen molar-refractivity contribution in [1.82, 2.24) is 0 Å². The molecule has 0 unspecified atom stereocenters. The number of ether oxygens (including phenoxy) is 1. The molecule has 0 amide bonds. The second-order valence-corrected chi connectivity index (χ2v) is 6.44. The van der Waals surface area contributed by atoms with Gasteiger partial charge in [0.05, 0.1) is 6.61 Å². The molecule has 0 heterocycles. The van der Waals surface area contributed by atoms with Crippen molar-refractivity contribution < 1.29 is 4.74 Å². The zero-order chi connectivity index (χ0) is 16.9. The summed E-state index contributed by atoms with van der Waals surface area (Å²) in [6, 6.07) is 27.7. The molecular formula is C24H22O. The standard InChI is InChI=1S/C24H22O/c1-3-8-19(9-4-1)10-7-17-25-22-14-16-24-21(18-22)13-15-23(24)20-11-5-2-6-12-20/h1-6,8-9,11-12,14-16,18H,7,10,13,17H2. The summed E-state index contributed by atoms with van der Waals surface area (Å²) in [5.41, 5.74) is 6.70. The second-order valence-electron chi connectivity index (χ2n) is 6.44. The number of hydrogen-bond acceptors (Lipinski definition) is 1. The summed E-state index contributed by atoms with van der Waals surface area (Å²) in [7, 11) is 0. The molecule has 0 fully saturated rings. The van der Waals surface area contributed by atoms with E-state index in [1.165, 1.54) is 27.8 Å². The molecule has 1 aliphatic rings. The lowest BCUT2D eigenvalue weighted by Gasteiger charge is -2.10. The van der Waals surface area contributed by atoms with E-state index < -0.39 is 0 Å². The first kappa shape index (κ1) is 15.7. The molecule has 0 aromatic heterocycles. The Kier molecular flexibility index (Phi) is 4.65. The topological polar surface area (TPSA) is 9.23 Å². The Morgan fingerprint density at radius 3 is 2.36 bits per heavy atom. The van der Waals surface area contributed by atoms with Crippen molar-refractivity contribution in [1.29, 1.82) is 0 Å². The third-order valence-electron chi connectivity index (χ3n) is 4.70. The SMILES string of the molecule is C1=C(c2ccccc2)c2ccc(OCCCc3ccccc3)cc2C1. The smallest absolute Gasteiger partial charge is 0.119 e. The summed E-state index contributed by atoms with van der Waals surface area (Å²) in [6.45, 7) is 0.757. The Balaban J connectivity index is 1.37. The summed E-state index contributed by atoms with van der Waals surface area (Å²) in [5, 5.41) is 0. The molecule has 0 spiro atoms. The monoisotopic (exact) mass is 326 g/mol. The Labute approximate surface area is 149 Å². The number of fused-ring (bicyclic) bond motifs is 1. The van der Waals surface area contributed by atoms with Crippen LogP contribution in [0.15, 0.2) is 84.9 Å². The van der Waals surface area contributed by atoms with Gasteiger partial charge in [-0.15, -0.1) is 0 Å². The molecule has 0 aliphatic heterocycles. The summed E-state index contributed by atoms with van der Waals surface area (Å²) in [4.78, 5) is 0. The van der Waals surface area contributed by atoms with Crippen molar-refractivity contribution in [2.45, 2.75) is 19.3 Å². The molecule has 124 valence electrons. The Hall–Kier alpha value is -2.80. The highest BCUT2D eigenvalue weighted by atomic mass is 16.5. The van der Waals surface area contributed by atoms with Crippen LogP contribution in [0.4, 0.5) is 0 Å². The molecule has 3 aromatic rings. The average Bonchev–Trinajstić information content (AvgIpc) is 3.10. The fourth-order valence-corrected chi connectivity index (χ4v) is 3.42. The van der Waals surface area contributed by atoms with Gasteiger partial charge >= 0.3 is 0 Å². The van der Waals surface area contributed by atoms with E-state index in [0.29, 0.717) is 0 Å². The van der Waals surface area contributed by atoms with Crippen LogP contribution in [0.25, 0.3) is 5.57 Å². The van der Waals surface area contributed by atoms with Gasteiger partial charge in [0.15, 0.2) is 0 Å². The molecule has 1 nitrogen and oxygen atoms in total. The largest absolute Gasteiger partial charge is 0.494 e. The van der Waals surface area contributed by atoms with E-state index in [9.17, 15) is 0 Å². The van der Waals surface area contributed by atoms with Crippen LogP contribution >= 0.6 is 0 Å². The predicted octanol–water partition coefficient (Wildman–Crippen LogP) is 5.69. The van der Waals surface area contributed by atoms with Crippen LogP contribution in [0.1, 0.15) is 28.7 Å². The summed E-state index contributed by atoms with van der Waals surface area (Å²) in [6.07, 6.45) is 5.40. The molecule has 1 heteroatoms. The summed E-state index contributed by atoms with van der Waals surface area (Å²) in [5.74, 6) is 0.981. The minimum absolute atomic E-state index is 0.757. The third-order valence-corrected chi connectivity index (χ3v) is 4.70.